The highest BCUT2D eigenvalue weighted by atomic mass is 35.5. The van der Waals surface area contributed by atoms with Gasteiger partial charge in [-0.1, -0.05) is 41.9 Å². The van der Waals surface area contributed by atoms with E-state index in [1.54, 1.807) is 6.20 Å². The van der Waals surface area contributed by atoms with Crippen molar-refractivity contribution in [3.63, 3.8) is 0 Å². The Balaban J connectivity index is 2.29. The highest BCUT2D eigenvalue weighted by Crippen LogP contribution is 2.23. The molecule has 0 unspecified atom stereocenters. The number of anilines is 1. The smallest absolute Gasteiger partial charge is 0.129 e. The lowest BCUT2D eigenvalue weighted by Gasteiger charge is -2.28. The second-order valence-electron chi connectivity index (χ2n) is 5.05. The van der Waals surface area contributed by atoms with Crippen molar-refractivity contribution in [2.24, 2.45) is 5.73 Å². The number of aromatic nitrogens is 1. The minimum Gasteiger partial charge on any atom is -0.350 e. The number of hydrogen-bond acceptors (Lipinski definition) is 3. The van der Waals surface area contributed by atoms with Crippen LogP contribution in [0.3, 0.4) is 0 Å². The molecule has 1 heterocycles. The maximum absolute atomic E-state index is 6.08. The van der Waals surface area contributed by atoms with Crippen molar-refractivity contribution in [3.8, 4) is 0 Å². The van der Waals surface area contributed by atoms with Gasteiger partial charge in [0.2, 0.25) is 0 Å². The maximum atomic E-state index is 6.08. The standard InChI is InChI=1S/C16H20ClN3/c1-12(2)20(11-13-6-4-3-5-7-13)16-8-14(9-18)15(17)10-19-16/h3-8,10,12H,9,11,18H2,1-2H3. The van der Waals surface area contributed by atoms with Crippen molar-refractivity contribution in [1.82, 2.24) is 4.98 Å². The Hall–Kier alpha value is -1.58. The molecule has 106 valence electrons. The second kappa shape index (κ2) is 6.73. The Kier molecular flexibility index (Phi) is 4.99. The summed E-state index contributed by atoms with van der Waals surface area (Å²) >= 11 is 6.08. The average Bonchev–Trinajstić information content (AvgIpc) is 2.46. The number of halogens is 1. The van der Waals surface area contributed by atoms with Crippen molar-refractivity contribution < 1.29 is 0 Å². The van der Waals surface area contributed by atoms with Crippen LogP contribution in [0, 0.1) is 0 Å². The first kappa shape index (κ1) is 14.8. The van der Waals surface area contributed by atoms with E-state index in [9.17, 15) is 0 Å². The molecular weight excluding hydrogens is 270 g/mol. The summed E-state index contributed by atoms with van der Waals surface area (Å²) in [6.45, 7) is 5.55. The van der Waals surface area contributed by atoms with Crippen LogP contribution in [0.5, 0.6) is 0 Å². The summed E-state index contributed by atoms with van der Waals surface area (Å²) < 4.78 is 0. The fraction of sp³-hybridized carbons (Fsp3) is 0.312. The molecule has 3 nitrogen and oxygen atoms in total. The summed E-state index contributed by atoms with van der Waals surface area (Å²) in [5.74, 6) is 0.911. The average molecular weight is 290 g/mol. The van der Waals surface area contributed by atoms with Crippen LogP contribution in [-0.4, -0.2) is 11.0 Å². The predicted octanol–water partition coefficient (Wildman–Crippen LogP) is 3.61. The Morgan fingerprint density at radius 2 is 1.95 bits per heavy atom. The second-order valence-corrected chi connectivity index (χ2v) is 5.45. The van der Waals surface area contributed by atoms with Crippen LogP contribution >= 0.6 is 11.6 Å². The minimum absolute atomic E-state index is 0.342. The number of nitrogens with two attached hydrogens (primary N) is 1. The van der Waals surface area contributed by atoms with Crippen LogP contribution in [-0.2, 0) is 13.1 Å². The third-order valence-electron chi connectivity index (χ3n) is 3.25. The van der Waals surface area contributed by atoms with Crippen molar-refractivity contribution in [2.75, 3.05) is 4.90 Å². The van der Waals surface area contributed by atoms with E-state index in [2.05, 4.69) is 48.0 Å². The number of hydrogen-bond donors (Lipinski definition) is 1. The van der Waals surface area contributed by atoms with Gasteiger partial charge in [-0.15, -0.1) is 0 Å². The minimum atomic E-state index is 0.342. The zero-order valence-corrected chi connectivity index (χ0v) is 12.6. The molecule has 0 saturated heterocycles. The lowest BCUT2D eigenvalue weighted by molar-refractivity contribution is 0.672. The van der Waals surface area contributed by atoms with Crippen LogP contribution in [0.15, 0.2) is 42.6 Å². The van der Waals surface area contributed by atoms with E-state index in [4.69, 9.17) is 17.3 Å². The molecule has 0 radical (unpaired) electrons. The molecule has 2 N–H and O–H groups in total. The van der Waals surface area contributed by atoms with Gasteiger partial charge in [-0.25, -0.2) is 4.98 Å². The van der Waals surface area contributed by atoms with Crippen LogP contribution in [0.25, 0.3) is 0 Å². The Morgan fingerprint density at radius 1 is 1.25 bits per heavy atom. The first-order valence-corrected chi connectivity index (χ1v) is 7.14. The largest absolute Gasteiger partial charge is 0.350 e. The quantitative estimate of drug-likeness (QED) is 0.914. The van der Waals surface area contributed by atoms with Crippen LogP contribution in [0.4, 0.5) is 5.82 Å². The van der Waals surface area contributed by atoms with E-state index < -0.39 is 0 Å². The Bertz CT molecular complexity index is 555. The summed E-state index contributed by atoms with van der Waals surface area (Å²) in [5, 5.41) is 0.625. The predicted molar refractivity (Wildman–Crippen MR) is 84.9 cm³/mol. The van der Waals surface area contributed by atoms with Gasteiger partial charge in [0.05, 0.1) is 5.02 Å². The maximum Gasteiger partial charge on any atom is 0.129 e. The molecule has 0 bridgehead atoms. The first-order valence-electron chi connectivity index (χ1n) is 6.77. The summed E-state index contributed by atoms with van der Waals surface area (Å²) in [6, 6.07) is 12.7. The molecular formula is C16H20ClN3. The van der Waals surface area contributed by atoms with E-state index >= 15 is 0 Å². The van der Waals surface area contributed by atoms with E-state index in [1.807, 2.05) is 12.1 Å². The third-order valence-corrected chi connectivity index (χ3v) is 3.59. The van der Waals surface area contributed by atoms with Crippen LogP contribution in [0.1, 0.15) is 25.0 Å². The van der Waals surface area contributed by atoms with Crippen LogP contribution < -0.4 is 10.6 Å². The fourth-order valence-electron chi connectivity index (χ4n) is 2.09. The number of rotatable bonds is 5. The zero-order chi connectivity index (χ0) is 14.5. The van der Waals surface area contributed by atoms with Gasteiger partial charge < -0.3 is 10.6 Å². The molecule has 0 saturated carbocycles. The summed E-state index contributed by atoms with van der Waals surface area (Å²) in [5.41, 5.74) is 7.90. The van der Waals surface area contributed by atoms with Gasteiger partial charge in [-0.3, -0.25) is 0 Å². The van der Waals surface area contributed by atoms with E-state index in [-0.39, 0.29) is 0 Å². The SMILES string of the molecule is CC(C)N(Cc1ccccc1)c1cc(CN)c(Cl)cn1. The van der Waals surface area contributed by atoms with Crippen LogP contribution in [0.2, 0.25) is 5.02 Å². The molecule has 1 aromatic heterocycles. The van der Waals surface area contributed by atoms with Gasteiger partial charge in [0.25, 0.3) is 0 Å². The highest BCUT2D eigenvalue weighted by Gasteiger charge is 2.14. The van der Waals surface area contributed by atoms with E-state index in [1.165, 1.54) is 5.56 Å². The lowest BCUT2D eigenvalue weighted by atomic mass is 10.1. The van der Waals surface area contributed by atoms with Gasteiger partial charge >= 0.3 is 0 Å². The monoisotopic (exact) mass is 289 g/mol. The van der Waals surface area contributed by atoms with Crippen molar-refractivity contribution in [3.05, 3.63) is 58.7 Å². The molecule has 0 atom stereocenters. The number of pyridine rings is 1. The van der Waals surface area contributed by atoms with Gasteiger partial charge in [-0.05, 0) is 31.0 Å². The fourth-order valence-corrected chi connectivity index (χ4v) is 2.27. The van der Waals surface area contributed by atoms with Gasteiger partial charge in [0.1, 0.15) is 5.82 Å². The topological polar surface area (TPSA) is 42.1 Å². The molecule has 2 rings (SSSR count). The summed E-state index contributed by atoms with van der Waals surface area (Å²) in [7, 11) is 0. The van der Waals surface area contributed by atoms with E-state index in [0.29, 0.717) is 17.6 Å². The third kappa shape index (κ3) is 3.50. The van der Waals surface area contributed by atoms with Crippen molar-refractivity contribution in [2.45, 2.75) is 33.0 Å². The van der Waals surface area contributed by atoms with Crippen molar-refractivity contribution in [1.29, 1.82) is 0 Å². The molecule has 0 aliphatic heterocycles. The summed E-state index contributed by atoms with van der Waals surface area (Å²) in [6.07, 6.45) is 1.68. The van der Waals surface area contributed by atoms with Crippen molar-refractivity contribution >= 4 is 17.4 Å². The molecule has 0 aliphatic carbocycles. The molecule has 20 heavy (non-hydrogen) atoms. The number of benzene rings is 1. The highest BCUT2D eigenvalue weighted by molar-refractivity contribution is 6.31. The van der Waals surface area contributed by atoms with Gasteiger partial charge in [-0.2, -0.15) is 0 Å². The Labute approximate surface area is 125 Å². The van der Waals surface area contributed by atoms with E-state index in [0.717, 1.165) is 17.9 Å². The number of nitrogens with zero attached hydrogens (tertiary/aromatic N) is 2. The Morgan fingerprint density at radius 3 is 2.55 bits per heavy atom. The zero-order valence-electron chi connectivity index (χ0n) is 11.9. The molecule has 0 fully saturated rings. The first-order chi connectivity index (χ1) is 9.61. The molecule has 0 spiro atoms. The van der Waals surface area contributed by atoms with Gasteiger partial charge in [0.15, 0.2) is 0 Å². The van der Waals surface area contributed by atoms with Gasteiger partial charge in [0, 0.05) is 25.3 Å². The normalized spacial score (nSPS) is 10.8. The molecule has 0 amide bonds. The molecule has 1 aromatic carbocycles. The molecule has 4 heteroatoms. The lowest BCUT2D eigenvalue weighted by Crippen LogP contribution is -2.31. The molecule has 2 aromatic rings. The summed E-state index contributed by atoms with van der Waals surface area (Å²) in [4.78, 5) is 6.68. The molecule has 0 aliphatic rings.